The lowest BCUT2D eigenvalue weighted by Gasteiger charge is -2.27. The molecular weight excluding hydrogens is 835 g/mol. The van der Waals surface area contributed by atoms with Gasteiger partial charge in [-0.15, -0.1) is 0 Å². The summed E-state index contributed by atoms with van der Waals surface area (Å²) in [5.74, 6) is 0.385. The molecule has 1 atom stereocenters. The van der Waals surface area contributed by atoms with Crippen molar-refractivity contribution < 1.29 is 0 Å². The van der Waals surface area contributed by atoms with Crippen molar-refractivity contribution in [2.45, 2.75) is 25.2 Å². The zero-order valence-corrected chi connectivity index (χ0v) is 38.4. The highest BCUT2D eigenvalue weighted by molar-refractivity contribution is 6.10. The molecule has 9 aromatic carbocycles. The Balaban J connectivity index is 0.950. The van der Waals surface area contributed by atoms with E-state index < -0.39 is 0 Å². The number of allylic oxidation sites excluding steroid dienone is 8. The van der Waals surface area contributed by atoms with E-state index in [9.17, 15) is 0 Å². The van der Waals surface area contributed by atoms with Gasteiger partial charge in [-0.05, 0) is 149 Å². The molecule has 10 aromatic rings. The number of benzene rings is 9. The van der Waals surface area contributed by atoms with Crippen LogP contribution in [-0.2, 0) is 0 Å². The van der Waals surface area contributed by atoms with Crippen LogP contribution < -0.4 is 9.80 Å². The van der Waals surface area contributed by atoms with Crippen molar-refractivity contribution in [1.29, 1.82) is 0 Å². The van der Waals surface area contributed by atoms with E-state index in [0.717, 1.165) is 64.6 Å². The maximum atomic E-state index is 2.43. The van der Waals surface area contributed by atoms with Crippen LogP contribution in [0, 0.1) is 0 Å². The molecule has 0 fully saturated rings. The number of rotatable bonds is 11. The van der Waals surface area contributed by atoms with Gasteiger partial charge in [0.25, 0.3) is 0 Å². The molecule has 2 aliphatic carbocycles. The number of aromatic nitrogens is 1. The smallest absolute Gasteiger partial charge is 0.0561 e. The van der Waals surface area contributed by atoms with Crippen LogP contribution >= 0.6 is 0 Å². The first-order valence-electron chi connectivity index (χ1n) is 24.2. The third-order valence-electron chi connectivity index (χ3n) is 13.8. The summed E-state index contributed by atoms with van der Waals surface area (Å²) in [6.45, 7) is 0. The highest BCUT2D eigenvalue weighted by Crippen LogP contribution is 2.42. The van der Waals surface area contributed by atoms with Gasteiger partial charge in [-0.2, -0.15) is 0 Å². The Morgan fingerprint density at radius 3 is 1.43 bits per heavy atom. The summed E-state index contributed by atoms with van der Waals surface area (Å²) >= 11 is 0. The van der Waals surface area contributed by atoms with Crippen LogP contribution in [0.1, 0.15) is 36.3 Å². The summed E-state index contributed by atoms with van der Waals surface area (Å²) in [6, 6.07) is 82.2. The van der Waals surface area contributed by atoms with Crippen LogP contribution in [0.4, 0.5) is 34.1 Å². The molecule has 0 radical (unpaired) electrons. The summed E-state index contributed by atoms with van der Waals surface area (Å²) < 4.78 is 2.43. The van der Waals surface area contributed by atoms with Gasteiger partial charge in [-0.25, -0.2) is 0 Å². The number of anilines is 6. The molecule has 0 amide bonds. The number of nitrogens with zero attached hydrogens (tertiary/aromatic N) is 3. The topological polar surface area (TPSA) is 11.4 Å². The fraction of sp³-hybridized carbons (Fsp3) is 0.0606. The van der Waals surface area contributed by atoms with Crippen molar-refractivity contribution in [3.8, 4) is 27.9 Å². The molecule has 3 heteroatoms. The van der Waals surface area contributed by atoms with E-state index in [1.165, 1.54) is 55.2 Å². The lowest BCUT2D eigenvalue weighted by atomic mass is 9.92. The largest absolute Gasteiger partial charge is 0.311 e. The lowest BCUT2D eigenvalue weighted by molar-refractivity contribution is 0.854. The number of para-hydroxylation sites is 1. The van der Waals surface area contributed by atoms with Gasteiger partial charge < -0.3 is 14.4 Å². The Morgan fingerprint density at radius 2 is 0.870 bits per heavy atom. The first kappa shape index (κ1) is 41.7. The summed E-state index contributed by atoms with van der Waals surface area (Å²) in [6.07, 6.45) is 18.9. The molecule has 330 valence electrons. The van der Waals surface area contributed by atoms with Crippen molar-refractivity contribution in [3.05, 3.63) is 278 Å². The third kappa shape index (κ3) is 8.30. The van der Waals surface area contributed by atoms with Crippen LogP contribution in [-0.4, -0.2) is 4.57 Å². The van der Waals surface area contributed by atoms with Crippen LogP contribution in [0.2, 0.25) is 0 Å². The number of fused-ring (bicyclic) bond motifs is 3. The van der Waals surface area contributed by atoms with E-state index in [1.54, 1.807) is 0 Å². The second kappa shape index (κ2) is 18.6. The monoisotopic (exact) mass is 885 g/mol. The molecule has 0 N–H and O–H groups in total. The summed E-state index contributed by atoms with van der Waals surface area (Å²) in [4.78, 5) is 4.76. The van der Waals surface area contributed by atoms with Gasteiger partial charge in [-0.1, -0.05) is 176 Å². The van der Waals surface area contributed by atoms with Crippen molar-refractivity contribution in [2.24, 2.45) is 0 Å². The normalized spacial score (nSPS) is 14.3. The molecular formula is C66H51N3. The van der Waals surface area contributed by atoms with Gasteiger partial charge >= 0.3 is 0 Å². The van der Waals surface area contributed by atoms with E-state index in [4.69, 9.17) is 0 Å². The SMILES string of the molecule is C1=CCC(c2ccc(N(c3ccc(-c4ccccc4)cc3)c3ccc4c5ccccc5n(-c5ccc(N(c6ccc(C7=CCCC=C7)cc6)c6ccc(-c7ccccc7)cc6)cc5)c4c3)cc2)C=C1. The van der Waals surface area contributed by atoms with Gasteiger partial charge in [0.15, 0.2) is 0 Å². The average Bonchev–Trinajstić information content (AvgIpc) is 3.76. The molecule has 0 aliphatic heterocycles. The minimum Gasteiger partial charge on any atom is -0.311 e. The van der Waals surface area contributed by atoms with Crippen LogP contribution in [0.15, 0.2) is 267 Å². The molecule has 69 heavy (non-hydrogen) atoms. The summed E-state index contributed by atoms with van der Waals surface area (Å²) in [5.41, 5.74) is 18.7. The van der Waals surface area contributed by atoms with Crippen LogP contribution in [0.5, 0.6) is 0 Å². The lowest BCUT2D eigenvalue weighted by Crippen LogP contribution is -2.11. The highest BCUT2D eigenvalue weighted by Gasteiger charge is 2.20. The predicted octanol–water partition coefficient (Wildman–Crippen LogP) is 18.4. The molecule has 0 bridgehead atoms. The van der Waals surface area contributed by atoms with E-state index in [1.807, 2.05) is 0 Å². The van der Waals surface area contributed by atoms with Gasteiger partial charge in [0.2, 0.25) is 0 Å². The quantitative estimate of drug-likeness (QED) is 0.128. The Hall–Kier alpha value is -8.66. The first-order valence-corrected chi connectivity index (χ1v) is 24.2. The van der Waals surface area contributed by atoms with Crippen molar-refractivity contribution in [1.82, 2.24) is 4.57 Å². The molecule has 3 nitrogen and oxygen atoms in total. The highest BCUT2D eigenvalue weighted by atomic mass is 15.2. The Bertz CT molecular complexity index is 3520. The fourth-order valence-corrected chi connectivity index (χ4v) is 10.2. The second-order valence-corrected chi connectivity index (χ2v) is 18.0. The minimum atomic E-state index is 0.385. The predicted molar refractivity (Wildman–Crippen MR) is 293 cm³/mol. The summed E-state index contributed by atoms with van der Waals surface area (Å²) in [5, 5.41) is 2.44. The molecule has 0 saturated heterocycles. The van der Waals surface area contributed by atoms with Crippen molar-refractivity contribution in [2.75, 3.05) is 9.80 Å². The fourth-order valence-electron chi connectivity index (χ4n) is 10.2. The molecule has 0 spiro atoms. The third-order valence-corrected chi connectivity index (χ3v) is 13.8. The Kier molecular flexibility index (Phi) is 11.2. The average molecular weight is 886 g/mol. The van der Waals surface area contributed by atoms with E-state index in [-0.39, 0.29) is 0 Å². The van der Waals surface area contributed by atoms with E-state index >= 15 is 0 Å². The summed E-state index contributed by atoms with van der Waals surface area (Å²) in [7, 11) is 0. The van der Waals surface area contributed by atoms with Crippen molar-refractivity contribution in [3.63, 3.8) is 0 Å². The number of hydrogen-bond donors (Lipinski definition) is 0. The van der Waals surface area contributed by atoms with E-state index in [0.29, 0.717) is 5.92 Å². The maximum absolute atomic E-state index is 2.43. The zero-order valence-electron chi connectivity index (χ0n) is 38.4. The maximum Gasteiger partial charge on any atom is 0.0561 e. The molecule has 1 aromatic heterocycles. The van der Waals surface area contributed by atoms with Crippen molar-refractivity contribution >= 4 is 61.5 Å². The zero-order chi connectivity index (χ0) is 45.9. The van der Waals surface area contributed by atoms with Crippen LogP contribution in [0.25, 0.3) is 55.3 Å². The molecule has 12 rings (SSSR count). The minimum absolute atomic E-state index is 0.385. The van der Waals surface area contributed by atoms with Gasteiger partial charge in [-0.3, -0.25) is 0 Å². The van der Waals surface area contributed by atoms with Gasteiger partial charge in [0.1, 0.15) is 0 Å². The van der Waals surface area contributed by atoms with Gasteiger partial charge in [0, 0.05) is 56.5 Å². The molecule has 1 heterocycles. The second-order valence-electron chi connectivity index (χ2n) is 18.0. The first-order chi connectivity index (χ1) is 34.2. The number of hydrogen-bond acceptors (Lipinski definition) is 2. The Labute approximate surface area is 405 Å². The molecule has 2 aliphatic rings. The Morgan fingerprint density at radius 1 is 0.377 bits per heavy atom. The van der Waals surface area contributed by atoms with E-state index in [2.05, 4.69) is 281 Å². The van der Waals surface area contributed by atoms with Crippen LogP contribution in [0.3, 0.4) is 0 Å². The standard InChI is InChI=1S/C66H51N3/c1-5-15-48(16-6-1)52-25-33-56(34-26-52)67(57-35-27-53(28-36-57)49-17-7-2-8-18-49)60-41-43-61(44-42-60)69-65-24-14-13-23-63(65)64-46-45-62(47-66(64)69)68(58-37-29-54(30-38-58)50-19-9-3-10-20-50)59-39-31-55(32-40-59)51-21-11-4-12-22-51/h1,3-7,9-21,23-47,51H,2,8,22H2. The van der Waals surface area contributed by atoms with Gasteiger partial charge in [0.05, 0.1) is 11.0 Å². The molecule has 0 saturated carbocycles. The molecule has 1 unspecified atom stereocenters.